The molecule has 3 rings (SSSR count). The molecule has 3 aliphatic rings. The number of hydrogen-bond donors (Lipinski definition) is 2. The summed E-state index contributed by atoms with van der Waals surface area (Å²) >= 11 is 0. The Kier molecular flexibility index (Phi) is 3.78. The van der Waals surface area contributed by atoms with Crippen molar-refractivity contribution >= 4 is 11.9 Å². The molecule has 5 nitrogen and oxygen atoms in total. The minimum absolute atomic E-state index is 0.00305. The van der Waals surface area contributed by atoms with E-state index in [1.165, 1.54) is 0 Å². The second kappa shape index (κ2) is 5.44. The third-order valence-corrected chi connectivity index (χ3v) is 5.56. The van der Waals surface area contributed by atoms with E-state index in [-0.39, 0.29) is 35.7 Å². The number of carboxylic acids is 1. The highest BCUT2D eigenvalue weighted by atomic mass is 16.4. The Morgan fingerprint density at radius 3 is 2.24 bits per heavy atom. The number of allylic oxidation sites excluding steroid dienone is 2. The van der Waals surface area contributed by atoms with Gasteiger partial charge in [0.2, 0.25) is 5.91 Å². The van der Waals surface area contributed by atoms with E-state index in [0.717, 1.165) is 19.3 Å². The van der Waals surface area contributed by atoms with Crippen molar-refractivity contribution in [2.75, 3.05) is 13.1 Å². The van der Waals surface area contributed by atoms with Crippen LogP contribution in [-0.4, -0.2) is 46.2 Å². The summed E-state index contributed by atoms with van der Waals surface area (Å²) in [5.74, 6) is -1.41. The highest BCUT2D eigenvalue weighted by Gasteiger charge is 2.52. The summed E-state index contributed by atoms with van der Waals surface area (Å²) < 4.78 is 0. The van der Waals surface area contributed by atoms with Gasteiger partial charge in [-0.3, -0.25) is 9.59 Å². The van der Waals surface area contributed by atoms with Crippen molar-refractivity contribution in [1.82, 2.24) is 4.90 Å². The largest absolute Gasteiger partial charge is 0.481 e. The zero-order valence-corrected chi connectivity index (χ0v) is 12.3. The Labute approximate surface area is 124 Å². The van der Waals surface area contributed by atoms with Crippen LogP contribution in [0, 0.1) is 29.6 Å². The second-order valence-corrected chi connectivity index (χ2v) is 6.74. The summed E-state index contributed by atoms with van der Waals surface area (Å²) in [5.41, 5.74) is 0. The number of aliphatic hydroxyl groups is 1. The lowest BCUT2D eigenvalue weighted by Gasteiger charge is -2.36. The molecule has 116 valence electrons. The zero-order valence-electron chi connectivity index (χ0n) is 12.3. The maximum absolute atomic E-state index is 12.7. The summed E-state index contributed by atoms with van der Waals surface area (Å²) in [5, 5.41) is 19.1. The second-order valence-electron chi connectivity index (χ2n) is 6.74. The molecule has 2 fully saturated rings. The normalized spacial score (nSPS) is 37.0. The first kappa shape index (κ1) is 14.6. The molecule has 21 heavy (non-hydrogen) atoms. The third kappa shape index (κ3) is 2.48. The molecule has 0 aromatic rings. The molecule has 0 spiro atoms. The van der Waals surface area contributed by atoms with Crippen molar-refractivity contribution in [3.8, 4) is 0 Å². The summed E-state index contributed by atoms with van der Waals surface area (Å²) in [4.78, 5) is 26.1. The van der Waals surface area contributed by atoms with Crippen LogP contribution in [0.2, 0.25) is 0 Å². The molecule has 3 unspecified atom stereocenters. The fourth-order valence-electron chi connectivity index (χ4n) is 4.31. The van der Waals surface area contributed by atoms with Crippen LogP contribution in [0.1, 0.15) is 26.2 Å². The number of piperidine rings is 1. The number of likely N-dealkylation sites (tertiary alicyclic amines) is 1. The maximum Gasteiger partial charge on any atom is 0.307 e. The van der Waals surface area contributed by atoms with Crippen LogP contribution < -0.4 is 0 Å². The van der Waals surface area contributed by atoms with Crippen LogP contribution in [0.4, 0.5) is 0 Å². The Hall–Kier alpha value is -1.36. The first-order chi connectivity index (χ1) is 9.99. The van der Waals surface area contributed by atoms with Gasteiger partial charge in [0.15, 0.2) is 0 Å². The summed E-state index contributed by atoms with van der Waals surface area (Å²) in [6.07, 6.45) is 6.06. The number of aliphatic carboxylic acids is 1. The Morgan fingerprint density at radius 1 is 1.14 bits per heavy atom. The molecule has 1 saturated carbocycles. The SMILES string of the molecule is CC(O)C1CCN(C(=O)[C@H]2C3C=CC(C3)[C@H]2C(=O)O)CC1. The Balaban J connectivity index is 1.68. The fraction of sp³-hybridized carbons (Fsp3) is 0.750. The van der Waals surface area contributed by atoms with Crippen molar-refractivity contribution in [3.63, 3.8) is 0 Å². The number of nitrogens with zero attached hydrogens (tertiary/aromatic N) is 1. The first-order valence-corrected chi connectivity index (χ1v) is 7.87. The molecule has 2 bridgehead atoms. The first-order valence-electron chi connectivity index (χ1n) is 7.87. The highest BCUT2D eigenvalue weighted by molar-refractivity contribution is 5.87. The van der Waals surface area contributed by atoms with E-state index >= 15 is 0 Å². The van der Waals surface area contributed by atoms with Crippen molar-refractivity contribution in [3.05, 3.63) is 12.2 Å². The molecule has 1 amide bonds. The van der Waals surface area contributed by atoms with Crippen LogP contribution in [-0.2, 0) is 9.59 Å². The predicted molar refractivity (Wildman–Crippen MR) is 76.3 cm³/mol. The molecule has 1 saturated heterocycles. The number of amides is 1. The summed E-state index contributed by atoms with van der Waals surface area (Å²) in [6.45, 7) is 3.07. The molecule has 1 aliphatic heterocycles. The molecule has 1 heterocycles. The van der Waals surface area contributed by atoms with E-state index in [2.05, 4.69) is 0 Å². The van der Waals surface area contributed by atoms with Crippen LogP contribution in [0.5, 0.6) is 0 Å². The number of carbonyl (C=O) groups excluding carboxylic acids is 1. The van der Waals surface area contributed by atoms with Crippen molar-refractivity contribution in [1.29, 1.82) is 0 Å². The highest BCUT2D eigenvalue weighted by Crippen LogP contribution is 2.49. The number of aliphatic hydroxyl groups excluding tert-OH is 1. The van der Waals surface area contributed by atoms with Gasteiger partial charge < -0.3 is 15.1 Å². The topological polar surface area (TPSA) is 77.8 Å². The van der Waals surface area contributed by atoms with Gasteiger partial charge in [-0.2, -0.15) is 0 Å². The van der Waals surface area contributed by atoms with Gasteiger partial charge in [0.05, 0.1) is 17.9 Å². The number of carboxylic acid groups (broad SMARTS) is 1. The van der Waals surface area contributed by atoms with Crippen LogP contribution in [0.3, 0.4) is 0 Å². The predicted octanol–water partition coefficient (Wildman–Crippen LogP) is 1.13. The van der Waals surface area contributed by atoms with E-state index in [1.807, 2.05) is 17.1 Å². The van der Waals surface area contributed by atoms with Crippen LogP contribution in [0.15, 0.2) is 12.2 Å². The molecular formula is C16H23NO4. The van der Waals surface area contributed by atoms with E-state index in [4.69, 9.17) is 0 Å². The summed E-state index contributed by atoms with van der Waals surface area (Å²) in [7, 11) is 0. The molecule has 5 heteroatoms. The maximum atomic E-state index is 12.7. The van der Waals surface area contributed by atoms with E-state index in [9.17, 15) is 19.8 Å². The molecule has 2 aliphatic carbocycles. The van der Waals surface area contributed by atoms with Crippen molar-refractivity contribution in [2.24, 2.45) is 29.6 Å². The number of carbonyl (C=O) groups is 2. The monoisotopic (exact) mass is 293 g/mol. The van der Waals surface area contributed by atoms with E-state index < -0.39 is 11.9 Å². The molecule has 2 N–H and O–H groups in total. The van der Waals surface area contributed by atoms with E-state index in [0.29, 0.717) is 13.1 Å². The van der Waals surface area contributed by atoms with Crippen molar-refractivity contribution < 1.29 is 19.8 Å². The molecule has 0 aromatic carbocycles. The molecule has 0 aromatic heterocycles. The molecular weight excluding hydrogens is 270 g/mol. The lowest BCUT2D eigenvalue weighted by molar-refractivity contribution is -0.151. The van der Waals surface area contributed by atoms with Crippen LogP contribution >= 0.6 is 0 Å². The standard InChI is InChI=1S/C16H23NO4/c1-9(18)10-4-6-17(7-5-10)15(19)13-11-2-3-12(8-11)14(13)16(20)21/h2-3,9-14,18H,4-8H2,1H3,(H,20,21)/t9?,11?,12?,13-,14+/m0/s1. The van der Waals surface area contributed by atoms with Gasteiger partial charge in [-0.25, -0.2) is 0 Å². The van der Waals surface area contributed by atoms with Gasteiger partial charge >= 0.3 is 5.97 Å². The van der Waals surface area contributed by atoms with Gasteiger partial charge in [-0.15, -0.1) is 0 Å². The summed E-state index contributed by atoms with van der Waals surface area (Å²) in [6, 6.07) is 0. The Bertz CT molecular complexity index is 465. The van der Waals surface area contributed by atoms with Gasteiger partial charge in [-0.05, 0) is 43.9 Å². The minimum atomic E-state index is -0.843. The third-order valence-electron chi connectivity index (χ3n) is 5.56. The minimum Gasteiger partial charge on any atom is -0.481 e. The van der Waals surface area contributed by atoms with E-state index in [1.54, 1.807) is 6.92 Å². The molecule has 5 atom stereocenters. The average molecular weight is 293 g/mol. The van der Waals surface area contributed by atoms with Gasteiger partial charge in [0.25, 0.3) is 0 Å². The molecule has 0 radical (unpaired) electrons. The smallest absolute Gasteiger partial charge is 0.307 e. The number of fused-ring (bicyclic) bond motifs is 2. The quantitative estimate of drug-likeness (QED) is 0.765. The number of hydrogen-bond acceptors (Lipinski definition) is 3. The fourth-order valence-corrected chi connectivity index (χ4v) is 4.31. The lowest BCUT2D eigenvalue weighted by Crippen LogP contribution is -2.47. The average Bonchev–Trinajstić information content (AvgIpc) is 3.07. The zero-order chi connectivity index (χ0) is 15.1. The Morgan fingerprint density at radius 2 is 1.71 bits per heavy atom. The number of rotatable bonds is 3. The van der Waals surface area contributed by atoms with Gasteiger partial charge in [0, 0.05) is 13.1 Å². The van der Waals surface area contributed by atoms with Crippen molar-refractivity contribution in [2.45, 2.75) is 32.3 Å². The van der Waals surface area contributed by atoms with Gasteiger partial charge in [-0.1, -0.05) is 12.2 Å². The van der Waals surface area contributed by atoms with Gasteiger partial charge in [0.1, 0.15) is 0 Å². The lowest BCUT2D eigenvalue weighted by atomic mass is 9.81. The van der Waals surface area contributed by atoms with Crippen LogP contribution in [0.25, 0.3) is 0 Å².